The summed E-state index contributed by atoms with van der Waals surface area (Å²) < 4.78 is 31.8. The van der Waals surface area contributed by atoms with Gasteiger partial charge in [0.1, 0.15) is 12.4 Å². The molecule has 2 rings (SSSR count). The van der Waals surface area contributed by atoms with Gasteiger partial charge in [0.15, 0.2) is 0 Å². The number of aryl methyl sites for hydroxylation is 1. The number of benzene rings is 1. The van der Waals surface area contributed by atoms with Crippen molar-refractivity contribution in [3.8, 4) is 5.75 Å². The topological polar surface area (TPSA) is 58.6 Å². The van der Waals surface area contributed by atoms with Crippen LogP contribution < -0.4 is 9.46 Å². The van der Waals surface area contributed by atoms with E-state index in [0.29, 0.717) is 12.5 Å². The first-order valence-electron chi connectivity index (χ1n) is 8.71. The summed E-state index contributed by atoms with van der Waals surface area (Å²) >= 11 is 0. The van der Waals surface area contributed by atoms with Crippen molar-refractivity contribution in [2.24, 2.45) is 0 Å². The highest BCUT2D eigenvalue weighted by atomic mass is 32.2. The molecule has 1 aromatic rings. The number of ether oxygens (including phenoxy) is 1. The first-order chi connectivity index (χ1) is 11.3. The van der Waals surface area contributed by atoms with E-state index in [-0.39, 0.29) is 11.8 Å². The highest BCUT2D eigenvalue weighted by Gasteiger charge is 2.28. The summed E-state index contributed by atoms with van der Waals surface area (Å²) in [5.41, 5.74) is 2.60. The second-order valence-corrected chi connectivity index (χ2v) is 8.81. The SMILES string of the molecule is CNS(=O)(=O)C[C@H]1CCCN1CCOc1ccc(C(C)C)c(C)c1. The maximum atomic E-state index is 11.8. The van der Waals surface area contributed by atoms with Crippen molar-refractivity contribution in [2.45, 2.75) is 45.6 Å². The van der Waals surface area contributed by atoms with Crippen molar-refractivity contribution >= 4 is 10.0 Å². The summed E-state index contributed by atoms with van der Waals surface area (Å²) in [6.07, 6.45) is 1.98. The van der Waals surface area contributed by atoms with Gasteiger partial charge in [0.25, 0.3) is 0 Å². The molecule has 5 nitrogen and oxygen atoms in total. The fraction of sp³-hybridized carbons (Fsp3) is 0.667. The van der Waals surface area contributed by atoms with Gasteiger partial charge in [-0.3, -0.25) is 4.90 Å². The van der Waals surface area contributed by atoms with Gasteiger partial charge in [0.05, 0.1) is 5.75 Å². The van der Waals surface area contributed by atoms with Gasteiger partial charge < -0.3 is 4.74 Å². The van der Waals surface area contributed by atoms with E-state index in [4.69, 9.17) is 4.74 Å². The largest absolute Gasteiger partial charge is 0.492 e. The summed E-state index contributed by atoms with van der Waals surface area (Å²) in [7, 11) is -1.69. The predicted octanol–water partition coefficient (Wildman–Crippen LogP) is 2.51. The van der Waals surface area contributed by atoms with Crippen molar-refractivity contribution in [1.82, 2.24) is 9.62 Å². The van der Waals surface area contributed by atoms with E-state index in [1.165, 1.54) is 18.2 Å². The van der Waals surface area contributed by atoms with Gasteiger partial charge >= 0.3 is 0 Å². The second kappa shape index (κ2) is 8.32. The van der Waals surface area contributed by atoms with Crippen molar-refractivity contribution < 1.29 is 13.2 Å². The minimum absolute atomic E-state index is 0.0936. The van der Waals surface area contributed by atoms with Gasteiger partial charge in [0.2, 0.25) is 10.0 Å². The average molecular weight is 355 g/mol. The minimum Gasteiger partial charge on any atom is -0.492 e. The molecule has 1 N–H and O–H groups in total. The second-order valence-electron chi connectivity index (χ2n) is 6.84. The Balaban J connectivity index is 1.86. The molecule has 24 heavy (non-hydrogen) atoms. The molecule has 6 heteroatoms. The lowest BCUT2D eigenvalue weighted by molar-refractivity contribution is 0.205. The van der Waals surface area contributed by atoms with Gasteiger partial charge in [-0.15, -0.1) is 0 Å². The summed E-state index contributed by atoms with van der Waals surface area (Å²) in [5, 5.41) is 0. The quantitative estimate of drug-likeness (QED) is 0.779. The number of hydrogen-bond acceptors (Lipinski definition) is 4. The third-order valence-electron chi connectivity index (χ3n) is 4.73. The molecule has 0 bridgehead atoms. The van der Waals surface area contributed by atoms with Crippen molar-refractivity contribution in [1.29, 1.82) is 0 Å². The van der Waals surface area contributed by atoms with Gasteiger partial charge in [0, 0.05) is 12.6 Å². The summed E-state index contributed by atoms with van der Waals surface area (Å²) in [6.45, 7) is 8.77. The Labute approximate surface area is 146 Å². The molecule has 0 aromatic heterocycles. The van der Waals surface area contributed by atoms with Crippen molar-refractivity contribution in [3.05, 3.63) is 29.3 Å². The molecule has 0 unspecified atom stereocenters. The van der Waals surface area contributed by atoms with E-state index < -0.39 is 10.0 Å². The number of likely N-dealkylation sites (tertiary alicyclic amines) is 1. The van der Waals surface area contributed by atoms with E-state index in [1.807, 2.05) is 6.07 Å². The number of nitrogens with one attached hydrogen (secondary N) is 1. The predicted molar refractivity (Wildman–Crippen MR) is 98.2 cm³/mol. The smallest absolute Gasteiger partial charge is 0.212 e. The van der Waals surface area contributed by atoms with E-state index in [0.717, 1.165) is 31.7 Å². The van der Waals surface area contributed by atoms with Gasteiger partial charge in [-0.2, -0.15) is 0 Å². The molecule has 1 heterocycles. The summed E-state index contributed by atoms with van der Waals surface area (Å²) in [6, 6.07) is 6.33. The standard InChI is InChI=1S/C18H30N2O3S/c1-14(2)18-8-7-17(12-15(18)3)23-11-10-20-9-5-6-16(20)13-24(21,22)19-4/h7-8,12,14,16,19H,5-6,9-11,13H2,1-4H3/t16-/m1/s1. The van der Waals surface area contributed by atoms with Crippen molar-refractivity contribution in [2.75, 3.05) is 32.5 Å². The molecule has 1 saturated heterocycles. The molecule has 1 aromatic carbocycles. The molecule has 1 fully saturated rings. The molecular weight excluding hydrogens is 324 g/mol. The van der Waals surface area contributed by atoms with E-state index in [1.54, 1.807) is 0 Å². The maximum absolute atomic E-state index is 11.8. The lowest BCUT2D eigenvalue weighted by Crippen LogP contribution is -2.40. The lowest BCUT2D eigenvalue weighted by atomic mass is 9.98. The third kappa shape index (κ3) is 5.19. The van der Waals surface area contributed by atoms with Crippen LogP contribution in [-0.2, 0) is 10.0 Å². The molecule has 1 aliphatic rings. The minimum atomic E-state index is -3.16. The fourth-order valence-electron chi connectivity index (χ4n) is 3.38. The zero-order chi connectivity index (χ0) is 17.7. The molecule has 1 atom stereocenters. The summed E-state index contributed by atoms with van der Waals surface area (Å²) in [4.78, 5) is 2.23. The van der Waals surface area contributed by atoms with Crippen LogP contribution in [0.25, 0.3) is 0 Å². The number of hydrogen-bond donors (Lipinski definition) is 1. The molecule has 0 aliphatic carbocycles. The van der Waals surface area contributed by atoms with Crippen molar-refractivity contribution in [3.63, 3.8) is 0 Å². The van der Waals surface area contributed by atoms with Crippen LogP contribution in [0.1, 0.15) is 43.7 Å². The van der Waals surface area contributed by atoms with Gasteiger partial charge in [-0.25, -0.2) is 13.1 Å². The Kier molecular flexibility index (Phi) is 6.66. The van der Waals surface area contributed by atoms with Crippen LogP contribution in [0.3, 0.4) is 0 Å². The third-order valence-corrected chi connectivity index (χ3v) is 6.18. The highest BCUT2D eigenvalue weighted by Crippen LogP contribution is 2.24. The average Bonchev–Trinajstić information content (AvgIpc) is 2.93. The molecule has 136 valence electrons. The zero-order valence-electron chi connectivity index (χ0n) is 15.2. The van der Waals surface area contributed by atoms with E-state index >= 15 is 0 Å². The first-order valence-corrected chi connectivity index (χ1v) is 10.4. The van der Waals surface area contributed by atoms with Crippen LogP contribution in [0.4, 0.5) is 0 Å². The highest BCUT2D eigenvalue weighted by molar-refractivity contribution is 7.89. The van der Waals surface area contributed by atoms with Gasteiger partial charge in [-0.05, 0) is 62.5 Å². The summed E-state index contributed by atoms with van der Waals surface area (Å²) in [5.74, 6) is 1.57. The normalized spacial score (nSPS) is 19.1. The Bertz CT molecular complexity index is 644. The van der Waals surface area contributed by atoms with Crippen LogP contribution >= 0.6 is 0 Å². The van der Waals surface area contributed by atoms with Gasteiger partial charge in [-0.1, -0.05) is 19.9 Å². The van der Waals surface area contributed by atoms with E-state index in [9.17, 15) is 8.42 Å². The molecule has 1 aliphatic heterocycles. The lowest BCUT2D eigenvalue weighted by Gasteiger charge is -2.24. The fourth-order valence-corrected chi connectivity index (χ4v) is 4.43. The molecule has 0 saturated carbocycles. The van der Waals surface area contributed by atoms with Crippen LogP contribution in [0.15, 0.2) is 18.2 Å². The number of sulfonamides is 1. The zero-order valence-corrected chi connectivity index (χ0v) is 16.0. The van der Waals surface area contributed by atoms with E-state index in [2.05, 4.69) is 42.5 Å². The Morgan fingerprint density at radius 1 is 1.38 bits per heavy atom. The Hall–Kier alpha value is -1.11. The molecular formula is C18H30N2O3S. The van der Waals surface area contributed by atoms with Crippen LogP contribution in [0.5, 0.6) is 5.75 Å². The number of nitrogens with zero attached hydrogens (tertiary/aromatic N) is 1. The first kappa shape index (κ1) is 19.2. The monoisotopic (exact) mass is 354 g/mol. The Morgan fingerprint density at radius 2 is 2.12 bits per heavy atom. The van der Waals surface area contributed by atoms with Crippen LogP contribution in [0.2, 0.25) is 0 Å². The molecule has 0 amide bonds. The maximum Gasteiger partial charge on any atom is 0.212 e. The number of rotatable bonds is 8. The molecule has 0 spiro atoms. The Morgan fingerprint density at radius 3 is 2.75 bits per heavy atom. The molecule has 0 radical (unpaired) electrons. The van der Waals surface area contributed by atoms with Crippen LogP contribution in [0, 0.1) is 6.92 Å². The van der Waals surface area contributed by atoms with Crippen LogP contribution in [-0.4, -0.2) is 51.9 Å².